The fourth-order valence-electron chi connectivity index (χ4n) is 2.17. The highest BCUT2D eigenvalue weighted by atomic mass is 16.5. The molecule has 0 aliphatic heterocycles. The van der Waals surface area contributed by atoms with Crippen LogP contribution in [0.3, 0.4) is 0 Å². The number of aromatic amines is 1. The summed E-state index contributed by atoms with van der Waals surface area (Å²) in [6, 6.07) is 14.1. The van der Waals surface area contributed by atoms with Gasteiger partial charge in [0.1, 0.15) is 11.6 Å². The second-order valence-electron chi connectivity index (χ2n) is 4.70. The molecule has 100 valence electrons. The number of fused-ring (bicyclic) bond motifs is 1. The fraction of sp³-hybridized carbons (Fsp3) is 0.118. The zero-order valence-corrected chi connectivity index (χ0v) is 11.6. The summed E-state index contributed by atoms with van der Waals surface area (Å²) in [6.07, 6.45) is 4.00. The number of para-hydroxylation sites is 2. The molecule has 20 heavy (non-hydrogen) atoms. The normalized spacial score (nSPS) is 11.3. The summed E-state index contributed by atoms with van der Waals surface area (Å²) in [4.78, 5) is 7.79. The maximum absolute atomic E-state index is 5.33. The smallest absolute Gasteiger partial charge is 0.131 e. The van der Waals surface area contributed by atoms with Crippen LogP contribution in [0.2, 0.25) is 0 Å². The highest BCUT2D eigenvalue weighted by Crippen LogP contribution is 2.20. The van der Waals surface area contributed by atoms with Crippen molar-refractivity contribution in [3.8, 4) is 5.75 Å². The van der Waals surface area contributed by atoms with Crippen LogP contribution < -0.4 is 4.74 Å². The predicted octanol–water partition coefficient (Wildman–Crippen LogP) is 4.05. The Kier molecular flexibility index (Phi) is 3.25. The van der Waals surface area contributed by atoms with Gasteiger partial charge < -0.3 is 9.72 Å². The SMILES string of the molecule is COc1cc(/C=C/c2nc3ccccc3[nH]2)ccc1C. The first kappa shape index (κ1) is 12.5. The van der Waals surface area contributed by atoms with Gasteiger partial charge in [-0.05, 0) is 42.3 Å². The number of methoxy groups -OCH3 is 1. The van der Waals surface area contributed by atoms with Gasteiger partial charge >= 0.3 is 0 Å². The minimum Gasteiger partial charge on any atom is -0.496 e. The molecule has 3 aromatic rings. The highest BCUT2D eigenvalue weighted by molar-refractivity contribution is 5.78. The standard InChI is InChI=1S/C17H16N2O/c1-12-7-8-13(11-16(12)20-2)9-10-17-18-14-5-3-4-6-15(14)19-17/h3-11H,1-2H3,(H,18,19)/b10-9+. The molecule has 1 heterocycles. The van der Waals surface area contributed by atoms with Crippen molar-refractivity contribution in [1.29, 1.82) is 0 Å². The lowest BCUT2D eigenvalue weighted by atomic mass is 10.1. The number of ether oxygens (including phenoxy) is 1. The van der Waals surface area contributed by atoms with Crippen LogP contribution in [0.1, 0.15) is 17.0 Å². The minimum atomic E-state index is 0.853. The Bertz CT molecular complexity index is 739. The monoisotopic (exact) mass is 264 g/mol. The van der Waals surface area contributed by atoms with Crippen molar-refractivity contribution in [2.24, 2.45) is 0 Å². The number of nitrogens with zero attached hydrogens (tertiary/aromatic N) is 1. The average Bonchev–Trinajstić information content (AvgIpc) is 2.89. The summed E-state index contributed by atoms with van der Waals surface area (Å²) < 4.78 is 5.33. The highest BCUT2D eigenvalue weighted by Gasteiger charge is 2.00. The van der Waals surface area contributed by atoms with Crippen molar-refractivity contribution in [2.75, 3.05) is 7.11 Å². The predicted molar refractivity (Wildman–Crippen MR) is 82.8 cm³/mol. The molecule has 0 saturated carbocycles. The molecule has 0 radical (unpaired) electrons. The fourth-order valence-corrected chi connectivity index (χ4v) is 2.17. The number of imidazole rings is 1. The number of H-pyrrole nitrogens is 1. The summed E-state index contributed by atoms with van der Waals surface area (Å²) in [5.74, 6) is 1.75. The van der Waals surface area contributed by atoms with Gasteiger partial charge in [0.15, 0.2) is 0 Å². The van der Waals surface area contributed by atoms with E-state index in [1.807, 2.05) is 49.4 Å². The molecule has 0 spiro atoms. The summed E-state index contributed by atoms with van der Waals surface area (Å²) in [5.41, 5.74) is 4.25. The first-order valence-electron chi connectivity index (χ1n) is 6.54. The molecule has 1 aromatic heterocycles. The Morgan fingerprint density at radius 3 is 2.75 bits per heavy atom. The number of benzene rings is 2. The van der Waals surface area contributed by atoms with E-state index in [4.69, 9.17) is 4.74 Å². The average molecular weight is 264 g/mol. The van der Waals surface area contributed by atoms with E-state index in [9.17, 15) is 0 Å². The van der Waals surface area contributed by atoms with Gasteiger partial charge in [0.05, 0.1) is 18.1 Å². The van der Waals surface area contributed by atoms with Gasteiger partial charge in [-0.1, -0.05) is 30.3 Å². The molecule has 0 atom stereocenters. The topological polar surface area (TPSA) is 37.9 Å². The zero-order chi connectivity index (χ0) is 13.9. The van der Waals surface area contributed by atoms with Crippen LogP contribution in [0.4, 0.5) is 0 Å². The Labute approximate surface area is 117 Å². The molecule has 3 rings (SSSR count). The van der Waals surface area contributed by atoms with E-state index >= 15 is 0 Å². The first-order valence-corrected chi connectivity index (χ1v) is 6.54. The molecule has 0 fully saturated rings. The van der Waals surface area contributed by atoms with E-state index in [2.05, 4.69) is 22.1 Å². The Morgan fingerprint density at radius 1 is 1.10 bits per heavy atom. The summed E-state index contributed by atoms with van der Waals surface area (Å²) in [5, 5.41) is 0. The number of rotatable bonds is 3. The van der Waals surface area contributed by atoms with Crippen molar-refractivity contribution in [2.45, 2.75) is 6.92 Å². The molecule has 0 amide bonds. The van der Waals surface area contributed by atoms with Crippen LogP contribution in [-0.2, 0) is 0 Å². The van der Waals surface area contributed by atoms with Gasteiger partial charge in [-0.15, -0.1) is 0 Å². The zero-order valence-electron chi connectivity index (χ0n) is 11.6. The molecule has 0 aliphatic carbocycles. The third-order valence-electron chi connectivity index (χ3n) is 3.27. The summed E-state index contributed by atoms with van der Waals surface area (Å²) >= 11 is 0. The summed E-state index contributed by atoms with van der Waals surface area (Å²) in [7, 11) is 1.69. The van der Waals surface area contributed by atoms with Crippen molar-refractivity contribution >= 4 is 23.2 Å². The van der Waals surface area contributed by atoms with Crippen LogP contribution >= 0.6 is 0 Å². The van der Waals surface area contributed by atoms with Crippen LogP contribution in [0.15, 0.2) is 42.5 Å². The van der Waals surface area contributed by atoms with Crippen molar-refractivity contribution in [1.82, 2.24) is 9.97 Å². The molecule has 0 saturated heterocycles. The lowest BCUT2D eigenvalue weighted by Gasteiger charge is -2.04. The largest absolute Gasteiger partial charge is 0.496 e. The van der Waals surface area contributed by atoms with Gasteiger partial charge in [0.25, 0.3) is 0 Å². The number of hydrogen-bond donors (Lipinski definition) is 1. The number of hydrogen-bond acceptors (Lipinski definition) is 2. The third kappa shape index (κ3) is 2.43. The number of nitrogens with one attached hydrogen (secondary N) is 1. The molecular formula is C17H16N2O. The lowest BCUT2D eigenvalue weighted by molar-refractivity contribution is 0.411. The van der Waals surface area contributed by atoms with Gasteiger partial charge in [-0.2, -0.15) is 0 Å². The Balaban J connectivity index is 1.89. The Hall–Kier alpha value is -2.55. The maximum atomic E-state index is 5.33. The van der Waals surface area contributed by atoms with Crippen LogP contribution in [-0.4, -0.2) is 17.1 Å². The van der Waals surface area contributed by atoms with Gasteiger partial charge in [0, 0.05) is 0 Å². The van der Waals surface area contributed by atoms with Gasteiger partial charge in [0.2, 0.25) is 0 Å². The second kappa shape index (κ2) is 5.21. The molecule has 0 aliphatic rings. The molecule has 3 heteroatoms. The third-order valence-corrected chi connectivity index (χ3v) is 3.27. The molecule has 3 nitrogen and oxygen atoms in total. The van der Waals surface area contributed by atoms with E-state index < -0.39 is 0 Å². The van der Waals surface area contributed by atoms with Crippen LogP contribution in [0.5, 0.6) is 5.75 Å². The summed E-state index contributed by atoms with van der Waals surface area (Å²) in [6.45, 7) is 2.03. The van der Waals surface area contributed by atoms with E-state index in [-0.39, 0.29) is 0 Å². The first-order chi connectivity index (χ1) is 9.76. The van der Waals surface area contributed by atoms with E-state index in [1.54, 1.807) is 7.11 Å². The van der Waals surface area contributed by atoms with E-state index in [0.717, 1.165) is 33.7 Å². The second-order valence-corrected chi connectivity index (χ2v) is 4.70. The van der Waals surface area contributed by atoms with Crippen molar-refractivity contribution in [3.63, 3.8) is 0 Å². The molecule has 2 aromatic carbocycles. The van der Waals surface area contributed by atoms with Crippen LogP contribution in [0.25, 0.3) is 23.2 Å². The van der Waals surface area contributed by atoms with Crippen LogP contribution in [0, 0.1) is 6.92 Å². The number of aryl methyl sites for hydroxylation is 1. The molecule has 0 bridgehead atoms. The minimum absolute atomic E-state index is 0.853. The van der Waals surface area contributed by atoms with E-state index in [0.29, 0.717) is 0 Å². The maximum Gasteiger partial charge on any atom is 0.131 e. The quantitative estimate of drug-likeness (QED) is 0.775. The van der Waals surface area contributed by atoms with Gasteiger partial charge in [-0.25, -0.2) is 4.98 Å². The molecular weight excluding hydrogens is 248 g/mol. The lowest BCUT2D eigenvalue weighted by Crippen LogP contribution is -1.87. The Morgan fingerprint density at radius 2 is 1.95 bits per heavy atom. The van der Waals surface area contributed by atoms with E-state index in [1.165, 1.54) is 0 Å². The van der Waals surface area contributed by atoms with Crippen molar-refractivity contribution in [3.05, 3.63) is 59.4 Å². The van der Waals surface area contributed by atoms with Crippen molar-refractivity contribution < 1.29 is 4.74 Å². The van der Waals surface area contributed by atoms with Gasteiger partial charge in [-0.3, -0.25) is 0 Å². The molecule has 0 unspecified atom stereocenters. The number of aromatic nitrogens is 2. The molecule has 1 N–H and O–H groups in total.